The van der Waals surface area contributed by atoms with E-state index in [1.54, 1.807) is 11.3 Å². The van der Waals surface area contributed by atoms with Crippen LogP contribution in [0.1, 0.15) is 61.6 Å². The zero-order valence-electron chi connectivity index (χ0n) is 12.0. The minimum Gasteiger partial charge on any atom is -0.308 e. The second-order valence-electron chi connectivity index (χ2n) is 5.69. The van der Waals surface area contributed by atoms with Gasteiger partial charge >= 0.3 is 0 Å². The number of hydrogen-bond acceptors (Lipinski definition) is 5. The molecule has 108 valence electrons. The van der Waals surface area contributed by atoms with Gasteiger partial charge in [-0.2, -0.15) is 0 Å². The highest BCUT2D eigenvalue weighted by Gasteiger charge is 2.19. The number of aromatic nitrogens is 2. The lowest BCUT2D eigenvalue weighted by atomic mass is 9.90. The van der Waals surface area contributed by atoms with E-state index in [1.807, 2.05) is 0 Å². The van der Waals surface area contributed by atoms with Crippen molar-refractivity contribution in [1.29, 1.82) is 0 Å². The summed E-state index contributed by atoms with van der Waals surface area (Å²) in [4.78, 5) is 11.8. The maximum atomic E-state index is 5.64. The third kappa shape index (κ3) is 2.79. The molecule has 1 saturated carbocycles. The summed E-state index contributed by atoms with van der Waals surface area (Å²) in [6.07, 6.45) is 9.08. The first-order valence-corrected chi connectivity index (χ1v) is 8.34. The van der Waals surface area contributed by atoms with E-state index in [9.17, 15) is 0 Å². The zero-order valence-corrected chi connectivity index (χ0v) is 12.8. The van der Waals surface area contributed by atoms with Crippen molar-refractivity contribution in [3.63, 3.8) is 0 Å². The van der Waals surface area contributed by atoms with Gasteiger partial charge in [0, 0.05) is 10.8 Å². The molecule has 0 unspecified atom stereocenters. The Hall–Kier alpha value is -1.20. The number of hydrazine groups is 1. The molecule has 4 nitrogen and oxygen atoms in total. The van der Waals surface area contributed by atoms with Crippen LogP contribution in [0.25, 0.3) is 10.2 Å². The first kappa shape index (κ1) is 13.8. The summed E-state index contributed by atoms with van der Waals surface area (Å²) in [6.45, 7) is 2.10. The third-order valence-corrected chi connectivity index (χ3v) is 5.08. The van der Waals surface area contributed by atoms with Crippen LogP contribution in [0.3, 0.4) is 0 Å². The van der Waals surface area contributed by atoms with E-state index in [0.717, 1.165) is 21.9 Å². The molecule has 0 spiro atoms. The zero-order chi connectivity index (χ0) is 13.9. The molecule has 0 atom stereocenters. The lowest BCUT2D eigenvalue weighted by Gasteiger charge is -2.19. The molecular formula is C15H22N4S. The predicted octanol–water partition coefficient (Wildman–Crippen LogP) is 4.11. The molecule has 20 heavy (non-hydrogen) atoms. The van der Waals surface area contributed by atoms with Crippen molar-refractivity contribution in [3.05, 3.63) is 16.8 Å². The SMILES string of the molecule is Cc1cc2c(NN)nc(C3CCCCCCC3)nc2s1. The predicted molar refractivity (Wildman–Crippen MR) is 85.0 cm³/mol. The maximum absolute atomic E-state index is 5.64. The smallest absolute Gasteiger partial charge is 0.152 e. The summed E-state index contributed by atoms with van der Waals surface area (Å²) in [5, 5.41) is 1.05. The van der Waals surface area contributed by atoms with Gasteiger partial charge in [0.15, 0.2) is 5.82 Å². The molecule has 0 amide bonds. The number of thiophene rings is 1. The summed E-state index contributed by atoms with van der Waals surface area (Å²) in [6, 6.07) is 2.11. The molecule has 1 aliphatic rings. The summed E-state index contributed by atoms with van der Waals surface area (Å²) in [5.41, 5.74) is 2.75. The molecule has 2 aromatic heterocycles. The van der Waals surface area contributed by atoms with Crippen molar-refractivity contribution in [2.24, 2.45) is 5.84 Å². The second kappa shape index (κ2) is 6.06. The number of hydrogen-bond donors (Lipinski definition) is 2. The van der Waals surface area contributed by atoms with E-state index in [-0.39, 0.29) is 0 Å². The van der Waals surface area contributed by atoms with E-state index >= 15 is 0 Å². The third-order valence-electron chi connectivity index (χ3n) is 4.14. The molecule has 0 radical (unpaired) electrons. The van der Waals surface area contributed by atoms with Crippen molar-refractivity contribution in [1.82, 2.24) is 9.97 Å². The lowest BCUT2D eigenvalue weighted by molar-refractivity contribution is 0.443. The van der Waals surface area contributed by atoms with Crippen molar-refractivity contribution in [2.75, 3.05) is 5.43 Å². The van der Waals surface area contributed by atoms with Gasteiger partial charge in [-0.3, -0.25) is 0 Å². The Balaban J connectivity index is 1.97. The average molecular weight is 290 g/mol. The molecule has 2 aromatic rings. The van der Waals surface area contributed by atoms with Crippen LogP contribution in [-0.4, -0.2) is 9.97 Å². The number of aryl methyl sites for hydroxylation is 1. The second-order valence-corrected chi connectivity index (χ2v) is 6.93. The van der Waals surface area contributed by atoms with Crippen molar-refractivity contribution in [2.45, 2.75) is 57.8 Å². The standard InChI is InChI=1S/C15H22N4S/c1-10-9-12-14(19-16)17-13(18-15(12)20-10)11-7-5-3-2-4-6-8-11/h9,11H,2-8,16H2,1H3,(H,17,18,19). The lowest BCUT2D eigenvalue weighted by Crippen LogP contribution is -2.13. The van der Waals surface area contributed by atoms with Crippen molar-refractivity contribution in [3.8, 4) is 0 Å². The van der Waals surface area contributed by atoms with Crippen LogP contribution in [0, 0.1) is 6.92 Å². The molecular weight excluding hydrogens is 268 g/mol. The number of nitrogens with zero attached hydrogens (tertiary/aromatic N) is 2. The normalized spacial score (nSPS) is 17.9. The minimum absolute atomic E-state index is 0.495. The summed E-state index contributed by atoms with van der Waals surface area (Å²) >= 11 is 1.72. The van der Waals surface area contributed by atoms with E-state index in [1.165, 1.54) is 49.8 Å². The van der Waals surface area contributed by atoms with Gasteiger partial charge in [0.2, 0.25) is 0 Å². The minimum atomic E-state index is 0.495. The van der Waals surface area contributed by atoms with Crippen molar-refractivity contribution >= 4 is 27.4 Å². The fraction of sp³-hybridized carbons (Fsp3) is 0.600. The Morgan fingerprint density at radius 3 is 2.55 bits per heavy atom. The fourth-order valence-electron chi connectivity index (χ4n) is 3.07. The molecule has 1 fully saturated rings. The van der Waals surface area contributed by atoms with Crippen LogP contribution < -0.4 is 11.3 Å². The number of anilines is 1. The van der Waals surface area contributed by atoms with E-state index in [2.05, 4.69) is 23.4 Å². The van der Waals surface area contributed by atoms with Gasteiger partial charge in [-0.1, -0.05) is 32.1 Å². The summed E-state index contributed by atoms with van der Waals surface area (Å²) in [5.74, 6) is 7.89. The van der Waals surface area contributed by atoms with Crippen LogP contribution in [0.5, 0.6) is 0 Å². The molecule has 2 heterocycles. The number of nitrogens with two attached hydrogens (primary N) is 1. The molecule has 3 N–H and O–H groups in total. The van der Waals surface area contributed by atoms with Crippen LogP contribution in [-0.2, 0) is 0 Å². The number of fused-ring (bicyclic) bond motifs is 1. The quantitative estimate of drug-likeness (QED) is 0.645. The van der Waals surface area contributed by atoms with Crippen LogP contribution in [0.4, 0.5) is 5.82 Å². The molecule has 0 aliphatic heterocycles. The van der Waals surface area contributed by atoms with Gasteiger partial charge in [0.05, 0.1) is 5.39 Å². The highest BCUT2D eigenvalue weighted by molar-refractivity contribution is 7.18. The van der Waals surface area contributed by atoms with Crippen LogP contribution in [0.15, 0.2) is 6.07 Å². The van der Waals surface area contributed by atoms with Gasteiger partial charge in [-0.15, -0.1) is 11.3 Å². The Kier molecular flexibility index (Phi) is 4.17. The first-order chi connectivity index (χ1) is 9.78. The first-order valence-electron chi connectivity index (χ1n) is 7.52. The molecule has 5 heteroatoms. The molecule has 0 bridgehead atoms. The van der Waals surface area contributed by atoms with E-state index in [0.29, 0.717) is 5.92 Å². The van der Waals surface area contributed by atoms with Gasteiger partial charge < -0.3 is 5.43 Å². The van der Waals surface area contributed by atoms with Gasteiger partial charge in [-0.25, -0.2) is 15.8 Å². The molecule has 0 saturated heterocycles. The molecule has 1 aliphatic carbocycles. The van der Waals surface area contributed by atoms with Crippen LogP contribution in [0.2, 0.25) is 0 Å². The Bertz CT molecular complexity index is 585. The molecule has 3 rings (SSSR count). The van der Waals surface area contributed by atoms with Crippen molar-refractivity contribution < 1.29 is 0 Å². The Morgan fingerprint density at radius 2 is 1.85 bits per heavy atom. The topological polar surface area (TPSA) is 63.8 Å². The van der Waals surface area contributed by atoms with Gasteiger partial charge in [0.1, 0.15) is 10.7 Å². The largest absolute Gasteiger partial charge is 0.308 e. The number of nitrogens with one attached hydrogen (secondary N) is 1. The van der Waals surface area contributed by atoms with E-state index < -0.39 is 0 Å². The summed E-state index contributed by atoms with van der Waals surface area (Å²) < 4.78 is 0. The highest BCUT2D eigenvalue weighted by Crippen LogP contribution is 2.33. The van der Waals surface area contributed by atoms with E-state index in [4.69, 9.17) is 10.8 Å². The Morgan fingerprint density at radius 1 is 1.15 bits per heavy atom. The van der Waals surface area contributed by atoms with Crippen LogP contribution >= 0.6 is 11.3 Å². The number of nitrogen functional groups attached to an aromatic ring is 1. The maximum Gasteiger partial charge on any atom is 0.152 e. The molecule has 0 aromatic carbocycles. The highest BCUT2D eigenvalue weighted by atomic mass is 32.1. The van der Waals surface area contributed by atoms with Gasteiger partial charge in [-0.05, 0) is 25.8 Å². The van der Waals surface area contributed by atoms with Gasteiger partial charge in [0.25, 0.3) is 0 Å². The summed E-state index contributed by atoms with van der Waals surface area (Å²) in [7, 11) is 0. The Labute approximate surface area is 123 Å². The average Bonchev–Trinajstić information content (AvgIpc) is 2.77. The number of rotatable bonds is 2. The monoisotopic (exact) mass is 290 g/mol. The fourth-order valence-corrected chi connectivity index (χ4v) is 3.95.